The van der Waals surface area contributed by atoms with Crippen molar-refractivity contribution in [2.24, 2.45) is 0 Å². The van der Waals surface area contributed by atoms with Gasteiger partial charge < -0.3 is 5.11 Å². The van der Waals surface area contributed by atoms with E-state index in [1.165, 1.54) is 0 Å². The number of carboxylic acid groups (broad SMARTS) is 1. The van der Waals surface area contributed by atoms with Crippen LogP contribution in [0.15, 0.2) is 0 Å². The number of carbonyl (C=O) groups is 1. The number of hydrazine groups is 1. The van der Waals surface area contributed by atoms with E-state index in [0.717, 1.165) is 18.2 Å². The number of hydrogen-bond donors (Lipinski definition) is 1. The molecule has 2 heterocycles. The van der Waals surface area contributed by atoms with Crippen molar-refractivity contribution >= 4 is 17.7 Å². The van der Waals surface area contributed by atoms with Crippen molar-refractivity contribution in [1.29, 1.82) is 5.26 Å². The molecule has 0 aliphatic carbocycles. The van der Waals surface area contributed by atoms with Gasteiger partial charge in [-0.2, -0.15) is 18.4 Å². The lowest BCUT2D eigenvalue weighted by Gasteiger charge is -2.50. The van der Waals surface area contributed by atoms with Crippen LogP contribution in [-0.4, -0.2) is 75.4 Å². The predicted molar refractivity (Wildman–Crippen MR) is 81.4 cm³/mol. The smallest absolute Gasteiger partial charge is 0.475 e. The van der Waals surface area contributed by atoms with Crippen LogP contribution in [0.4, 0.5) is 13.2 Å². The first-order chi connectivity index (χ1) is 11.1. The molecule has 24 heavy (non-hydrogen) atoms. The Kier molecular flexibility index (Phi) is 7.75. The fourth-order valence-corrected chi connectivity index (χ4v) is 3.43. The lowest BCUT2D eigenvalue weighted by atomic mass is 10.3. The fourth-order valence-electron chi connectivity index (χ4n) is 2.27. The molecular weight excluding hydrogens is 349 g/mol. The zero-order chi connectivity index (χ0) is 18.5. The van der Waals surface area contributed by atoms with Crippen LogP contribution in [0.5, 0.6) is 0 Å². The first-order valence-electron chi connectivity index (χ1n) is 7.35. The van der Waals surface area contributed by atoms with Gasteiger partial charge in [0.25, 0.3) is 0 Å². The van der Waals surface area contributed by atoms with Crippen molar-refractivity contribution in [3.05, 3.63) is 0 Å². The molecule has 2 unspecified atom stereocenters. The lowest BCUT2D eigenvalue weighted by Crippen LogP contribution is -2.67. The van der Waals surface area contributed by atoms with Crippen molar-refractivity contribution in [1.82, 2.24) is 15.1 Å². The second-order valence-electron chi connectivity index (χ2n) is 5.39. The second kappa shape index (κ2) is 8.87. The van der Waals surface area contributed by atoms with Crippen LogP contribution in [0.25, 0.3) is 0 Å². The third-order valence-electron chi connectivity index (χ3n) is 3.47. The van der Waals surface area contributed by atoms with Crippen LogP contribution >= 0.6 is 11.8 Å². The van der Waals surface area contributed by atoms with Gasteiger partial charge in [-0.05, 0) is 13.8 Å². The summed E-state index contributed by atoms with van der Waals surface area (Å²) in [4.78, 5) is 16.7. The van der Waals surface area contributed by atoms with E-state index < -0.39 is 12.1 Å². The second-order valence-corrected chi connectivity index (χ2v) is 6.39. The average molecular weight is 370 g/mol. The van der Waals surface area contributed by atoms with Crippen molar-refractivity contribution in [3.63, 3.8) is 0 Å². The summed E-state index contributed by atoms with van der Waals surface area (Å²) in [7, 11) is 0. The number of nitriles is 1. The summed E-state index contributed by atoms with van der Waals surface area (Å²) in [5, 5.41) is 20.4. The summed E-state index contributed by atoms with van der Waals surface area (Å²) in [5.74, 6) is -0.917. The molecule has 2 saturated heterocycles. The Bertz CT molecular complexity index is 472. The van der Waals surface area contributed by atoms with E-state index in [2.05, 4.69) is 36.7 Å². The molecule has 0 saturated carbocycles. The van der Waals surface area contributed by atoms with Crippen LogP contribution < -0.4 is 0 Å². The molecular formula is C13H21F3N4O3S. The molecule has 0 amide bonds. The molecule has 2 rings (SSSR count). The molecule has 2 fully saturated rings. The molecule has 0 bridgehead atoms. The third-order valence-corrected chi connectivity index (χ3v) is 4.51. The first kappa shape index (κ1) is 21.0. The monoisotopic (exact) mass is 370 g/mol. The first-order valence-corrected chi connectivity index (χ1v) is 8.50. The largest absolute Gasteiger partial charge is 0.490 e. The van der Waals surface area contributed by atoms with Crippen LogP contribution in [0.2, 0.25) is 0 Å². The number of aliphatic carboxylic acids is 1. The zero-order valence-corrected chi connectivity index (χ0v) is 14.5. The molecule has 0 aromatic heterocycles. The van der Waals surface area contributed by atoms with Gasteiger partial charge in [0.15, 0.2) is 0 Å². The van der Waals surface area contributed by atoms with E-state index in [4.69, 9.17) is 20.0 Å². The zero-order valence-electron chi connectivity index (χ0n) is 13.7. The Morgan fingerprint density at radius 1 is 1.54 bits per heavy atom. The number of halogens is 3. The topological polar surface area (TPSA) is 80.0 Å². The number of thioether (sulfide) groups is 1. The van der Waals surface area contributed by atoms with Gasteiger partial charge in [-0.1, -0.05) is 6.92 Å². The summed E-state index contributed by atoms with van der Waals surface area (Å²) in [6.07, 6.45) is -4.85. The highest BCUT2D eigenvalue weighted by molar-refractivity contribution is 7.99. The summed E-state index contributed by atoms with van der Waals surface area (Å²) >= 11 is 1.82. The van der Waals surface area contributed by atoms with E-state index in [0.29, 0.717) is 12.6 Å². The van der Waals surface area contributed by atoms with Gasteiger partial charge in [-0.25, -0.2) is 9.80 Å². The highest BCUT2D eigenvalue weighted by Crippen LogP contribution is 2.30. The van der Waals surface area contributed by atoms with E-state index >= 15 is 0 Å². The molecule has 2 aliphatic rings. The molecule has 2 aliphatic heterocycles. The van der Waals surface area contributed by atoms with Gasteiger partial charge in [0.1, 0.15) is 18.8 Å². The number of alkyl halides is 3. The number of rotatable bonds is 4. The summed E-state index contributed by atoms with van der Waals surface area (Å²) in [6, 6.07) is 2.82. The standard InChI is InChI=1S/C11H20N4OS.C2HF3O2/c1-4-14(9(2)3)15-11(6-16-15)13-8-17-7-10(13)5-12;3-2(4,5)1(6)7/h9-11H,4,6-8H2,1-3H3;(H,6,7). The van der Waals surface area contributed by atoms with Crippen LogP contribution in [-0.2, 0) is 9.63 Å². The van der Waals surface area contributed by atoms with Crippen molar-refractivity contribution in [2.45, 2.75) is 45.2 Å². The predicted octanol–water partition coefficient (Wildman–Crippen LogP) is 1.74. The summed E-state index contributed by atoms with van der Waals surface area (Å²) in [6.45, 7) is 8.05. The SMILES string of the molecule is CCN(C(C)C)N1OCC1N1CSCC1C#N.O=C(O)C(F)(F)F. The van der Waals surface area contributed by atoms with Crippen LogP contribution in [0, 0.1) is 11.3 Å². The molecule has 7 nitrogen and oxygen atoms in total. The van der Waals surface area contributed by atoms with Gasteiger partial charge in [-0.15, -0.1) is 16.9 Å². The van der Waals surface area contributed by atoms with Crippen molar-refractivity contribution in [2.75, 3.05) is 24.8 Å². The van der Waals surface area contributed by atoms with Gasteiger partial charge in [-0.3, -0.25) is 9.74 Å². The number of hydrogen-bond acceptors (Lipinski definition) is 7. The molecule has 11 heteroatoms. The number of carboxylic acids is 1. The van der Waals surface area contributed by atoms with E-state index in [1.807, 2.05) is 16.9 Å². The molecule has 2 atom stereocenters. The maximum absolute atomic E-state index is 10.6. The molecule has 0 radical (unpaired) electrons. The molecule has 0 aromatic rings. The maximum Gasteiger partial charge on any atom is 0.490 e. The van der Waals surface area contributed by atoms with Crippen molar-refractivity contribution in [3.8, 4) is 6.07 Å². The molecule has 0 aromatic carbocycles. The fraction of sp³-hybridized carbons (Fsp3) is 0.846. The Morgan fingerprint density at radius 2 is 2.12 bits per heavy atom. The third kappa shape index (κ3) is 5.22. The van der Waals surface area contributed by atoms with Gasteiger partial charge in [0.05, 0.1) is 6.07 Å². The lowest BCUT2D eigenvalue weighted by molar-refractivity contribution is -0.421. The van der Waals surface area contributed by atoms with E-state index in [9.17, 15) is 13.2 Å². The van der Waals surface area contributed by atoms with Gasteiger partial charge in [0, 0.05) is 24.2 Å². The summed E-state index contributed by atoms with van der Waals surface area (Å²) < 4.78 is 31.7. The average Bonchev–Trinajstić information content (AvgIpc) is 2.90. The Labute approximate surface area is 142 Å². The summed E-state index contributed by atoms with van der Waals surface area (Å²) in [5.41, 5.74) is 0. The Balaban J connectivity index is 0.000000351. The quantitative estimate of drug-likeness (QED) is 0.802. The Hall–Kier alpha value is -1.06. The molecule has 138 valence electrons. The van der Waals surface area contributed by atoms with Gasteiger partial charge in [0.2, 0.25) is 0 Å². The number of nitrogens with zero attached hydrogens (tertiary/aromatic N) is 4. The normalized spacial score (nSPS) is 25.1. The minimum absolute atomic E-state index is 0.0299. The highest BCUT2D eigenvalue weighted by Gasteiger charge is 2.44. The highest BCUT2D eigenvalue weighted by atomic mass is 32.2. The van der Waals surface area contributed by atoms with Crippen LogP contribution in [0.1, 0.15) is 20.8 Å². The van der Waals surface area contributed by atoms with Crippen molar-refractivity contribution < 1.29 is 27.9 Å². The Morgan fingerprint density at radius 3 is 2.46 bits per heavy atom. The molecule has 1 N–H and O–H groups in total. The minimum atomic E-state index is -5.08. The number of hydroxylamine groups is 1. The molecule has 0 spiro atoms. The minimum Gasteiger partial charge on any atom is -0.475 e. The van der Waals surface area contributed by atoms with Gasteiger partial charge >= 0.3 is 12.1 Å². The van der Waals surface area contributed by atoms with E-state index in [1.54, 1.807) is 0 Å². The maximum atomic E-state index is 10.6. The van der Waals surface area contributed by atoms with E-state index in [-0.39, 0.29) is 12.2 Å². The van der Waals surface area contributed by atoms with Crippen LogP contribution in [0.3, 0.4) is 0 Å².